The maximum absolute atomic E-state index is 13.4. The zero-order chi connectivity index (χ0) is 25.3. The van der Waals surface area contributed by atoms with Crippen LogP contribution in [0.2, 0.25) is 0 Å². The Morgan fingerprint density at radius 2 is 1.81 bits per heavy atom. The maximum Gasteiger partial charge on any atom is 0.301 e. The number of nitrogens with two attached hydrogens (primary N) is 1. The molecule has 0 bridgehead atoms. The summed E-state index contributed by atoms with van der Waals surface area (Å²) in [5.41, 5.74) is 8.23. The van der Waals surface area contributed by atoms with Crippen LogP contribution >= 0.6 is 0 Å². The largest absolute Gasteiger partial charge is 0.479 e. The maximum atomic E-state index is 13.4. The van der Waals surface area contributed by atoms with Gasteiger partial charge in [0.15, 0.2) is 0 Å². The van der Waals surface area contributed by atoms with Crippen molar-refractivity contribution in [1.82, 2.24) is 18.8 Å². The normalized spacial score (nSPS) is 14.6. The molecule has 2 aromatic heterocycles. The standard InChI is InChI=1S/C24H24N6O5S/c1-34-22-21(28-36(32,33)29-9-11-35-12-10-29)14-17(15-26-22)16-7-8-20-19(13-16)23(31)30(24(25)27-20)18-5-3-2-4-6-18/h2-8,13-15,28H,9-12H2,1H3,(H2,25,27). The third kappa shape index (κ3) is 4.49. The van der Waals surface area contributed by atoms with Gasteiger partial charge in [-0.1, -0.05) is 24.3 Å². The molecule has 0 saturated carbocycles. The van der Waals surface area contributed by atoms with Crippen molar-refractivity contribution < 1.29 is 17.9 Å². The SMILES string of the molecule is COc1ncc(-c2ccc3nc(N)n(-c4ccccc4)c(=O)c3c2)cc1NS(=O)(=O)N1CCOCC1. The van der Waals surface area contributed by atoms with E-state index in [2.05, 4.69) is 14.7 Å². The summed E-state index contributed by atoms with van der Waals surface area (Å²) in [4.78, 5) is 22.0. The highest BCUT2D eigenvalue weighted by Gasteiger charge is 2.26. The van der Waals surface area contributed by atoms with Crippen molar-refractivity contribution >= 4 is 32.7 Å². The first kappa shape index (κ1) is 23.7. The van der Waals surface area contributed by atoms with Gasteiger partial charge in [0.25, 0.3) is 5.56 Å². The van der Waals surface area contributed by atoms with Crippen LogP contribution in [0.1, 0.15) is 0 Å². The molecule has 0 aliphatic carbocycles. The van der Waals surface area contributed by atoms with Crippen LogP contribution in [0.3, 0.4) is 0 Å². The molecule has 11 nitrogen and oxygen atoms in total. The van der Waals surface area contributed by atoms with E-state index in [1.165, 1.54) is 16.0 Å². The van der Waals surface area contributed by atoms with E-state index in [1.807, 2.05) is 18.2 Å². The molecule has 1 aliphatic rings. The smallest absolute Gasteiger partial charge is 0.301 e. The summed E-state index contributed by atoms with van der Waals surface area (Å²) >= 11 is 0. The van der Waals surface area contributed by atoms with E-state index in [0.717, 1.165) is 0 Å². The number of benzene rings is 2. The molecule has 36 heavy (non-hydrogen) atoms. The zero-order valence-electron chi connectivity index (χ0n) is 19.4. The first-order valence-electron chi connectivity index (χ1n) is 11.1. The predicted octanol–water partition coefficient (Wildman–Crippen LogP) is 2.03. The van der Waals surface area contributed by atoms with Crippen LogP contribution in [-0.2, 0) is 14.9 Å². The molecule has 12 heteroatoms. The summed E-state index contributed by atoms with van der Waals surface area (Å²) in [6.45, 7) is 1.15. The van der Waals surface area contributed by atoms with Gasteiger partial charge in [0.2, 0.25) is 11.8 Å². The third-order valence-electron chi connectivity index (χ3n) is 5.84. The molecule has 0 amide bonds. The predicted molar refractivity (Wildman–Crippen MR) is 136 cm³/mol. The van der Waals surface area contributed by atoms with E-state index in [9.17, 15) is 13.2 Å². The van der Waals surface area contributed by atoms with Crippen molar-refractivity contribution in [3.05, 3.63) is 71.1 Å². The molecule has 3 N–H and O–H groups in total. The first-order chi connectivity index (χ1) is 17.4. The average molecular weight is 509 g/mol. The molecule has 186 valence electrons. The second-order valence-electron chi connectivity index (χ2n) is 8.08. The van der Waals surface area contributed by atoms with Gasteiger partial charge < -0.3 is 15.2 Å². The fourth-order valence-corrected chi connectivity index (χ4v) is 5.23. The minimum atomic E-state index is -3.84. The first-order valence-corrected chi connectivity index (χ1v) is 12.6. The molecule has 5 rings (SSSR count). The Hall–Kier alpha value is -4.00. The van der Waals surface area contributed by atoms with Crippen LogP contribution in [0, 0.1) is 0 Å². The molecule has 0 unspecified atom stereocenters. The number of nitrogens with one attached hydrogen (secondary N) is 1. The number of para-hydroxylation sites is 1. The summed E-state index contributed by atoms with van der Waals surface area (Å²) in [6.07, 6.45) is 1.55. The summed E-state index contributed by atoms with van der Waals surface area (Å²) in [7, 11) is -2.43. The number of nitrogen functional groups attached to an aromatic ring is 1. The number of nitrogens with zero attached hydrogens (tertiary/aromatic N) is 4. The molecule has 0 atom stereocenters. The van der Waals surface area contributed by atoms with Gasteiger partial charge in [-0.25, -0.2) is 14.5 Å². The van der Waals surface area contributed by atoms with Crippen LogP contribution in [-0.4, -0.2) is 60.7 Å². The zero-order valence-corrected chi connectivity index (χ0v) is 20.2. The van der Waals surface area contributed by atoms with Gasteiger partial charge in [-0.2, -0.15) is 12.7 Å². The fraction of sp³-hybridized carbons (Fsp3) is 0.208. The molecule has 1 aliphatic heterocycles. The van der Waals surface area contributed by atoms with Crippen molar-refractivity contribution in [2.45, 2.75) is 0 Å². The molecule has 3 heterocycles. The Labute approximate surface area is 207 Å². The second-order valence-corrected chi connectivity index (χ2v) is 9.75. The van der Waals surface area contributed by atoms with E-state index in [4.69, 9.17) is 15.2 Å². The summed E-state index contributed by atoms with van der Waals surface area (Å²) in [6, 6.07) is 15.8. The minimum Gasteiger partial charge on any atom is -0.479 e. The quantitative estimate of drug-likeness (QED) is 0.403. The van der Waals surface area contributed by atoms with Gasteiger partial charge >= 0.3 is 10.2 Å². The van der Waals surface area contributed by atoms with Crippen molar-refractivity contribution in [3.8, 4) is 22.7 Å². The number of methoxy groups -OCH3 is 1. The van der Waals surface area contributed by atoms with Gasteiger partial charge in [0.1, 0.15) is 5.69 Å². The Kier molecular flexibility index (Phi) is 6.31. The molecular weight excluding hydrogens is 484 g/mol. The van der Waals surface area contributed by atoms with Crippen LogP contribution in [0.25, 0.3) is 27.7 Å². The van der Waals surface area contributed by atoms with Gasteiger partial charge in [0, 0.05) is 24.8 Å². The highest BCUT2D eigenvalue weighted by atomic mass is 32.2. The lowest BCUT2D eigenvalue weighted by Gasteiger charge is -2.26. The Balaban J connectivity index is 1.56. The number of ether oxygens (including phenoxy) is 2. The number of morpholine rings is 1. The molecule has 1 saturated heterocycles. The monoisotopic (exact) mass is 508 g/mol. The van der Waals surface area contributed by atoms with Crippen molar-refractivity contribution in [1.29, 1.82) is 0 Å². The fourth-order valence-electron chi connectivity index (χ4n) is 4.05. The third-order valence-corrected chi connectivity index (χ3v) is 7.36. The Bertz CT molecular complexity index is 1580. The molecule has 4 aromatic rings. The Morgan fingerprint density at radius 1 is 1.06 bits per heavy atom. The number of rotatable bonds is 6. The number of aromatic nitrogens is 3. The van der Waals surface area contributed by atoms with Gasteiger partial charge in [-0.15, -0.1) is 0 Å². The van der Waals surface area contributed by atoms with Gasteiger partial charge in [-0.05, 0) is 35.9 Å². The highest BCUT2D eigenvalue weighted by molar-refractivity contribution is 7.90. The van der Waals surface area contributed by atoms with Gasteiger partial charge in [-0.3, -0.25) is 9.52 Å². The number of fused-ring (bicyclic) bond motifs is 1. The van der Waals surface area contributed by atoms with Gasteiger partial charge in [0.05, 0.1) is 36.9 Å². The molecular formula is C24H24N6O5S. The van der Waals surface area contributed by atoms with Crippen LogP contribution in [0.15, 0.2) is 65.6 Å². The topological polar surface area (TPSA) is 142 Å². The molecule has 1 fully saturated rings. The van der Waals surface area contributed by atoms with E-state index in [-0.39, 0.29) is 36.2 Å². The number of pyridine rings is 1. The van der Waals surface area contributed by atoms with Crippen LogP contribution in [0.4, 0.5) is 11.6 Å². The lowest BCUT2D eigenvalue weighted by molar-refractivity contribution is 0.0733. The average Bonchev–Trinajstić information content (AvgIpc) is 2.89. The number of hydrogen-bond donors (Lipinski definition) is 2. The molecule has 2 aromatic carbocycles. The lowest BCUT2D eigenvalue weighted by Crippen LogP contribution is -2.43. The van der Waals surface area contributed by atoms with Crippen molar-refractivity contribution in [3.63, 3.8) is 0 Å². The number of anilines is 2. The van der Waals surface area contributed by atoms with Crippen molar-refractivity contribution in [2.24, 2.45) is 0 Å². The van der Waals surface area contributed by atoms with Crippen LogP contribution in [0.5, 0.6) is 5.88 Å². The molecule has 0 spiro atoms. The van der Waals surface area contributed by atoms with E-state index in [0.29, 0.717) is 40.9 Å². The highest BCUT2D eigenvalue weighted by Crippen LogP contribution is 2.30. The van der Waals surface area contributed by atoms with Crippen LogP contribution < -0.4 is 20.8 Å². The summed E-state index contributed by atoms with van der Waals surface area (Å²) in [5, 5.41) is 0.358. The van der Waals surface area contributed by atoms with Crippen molar-refractivity contribution in [2.75, 3.05) is 43.9 Å². The lowest BCUT2D eigenvalue weighted by atomic mass is 10.0. The van der Waals surface area contributed by atoms with E-state index < -0.39 is 10.2 Å². The number of hydrogen-bond acceptors (Lipinski definition) is 8. The molecule has 0 radical (unpaired) electrons. The Morgan fingerprint density at radius 3 is 2.53 bits per heavy atom. The van der Waals surface area contributed by atoms with E-state index >= 15 is 0 Å². The second kappa shape index (κ2) is 9.57. The summed E-state index contributed by atoms with van der Waals surface area (Å²) in [5.74, 6) is 0.203. The van der Waals surface area contributed by atoms with E-state index in [1.54, 1.807) is 42.6 Å². The summed E-state index contributed by atoms with van der Waals surface area (Å²) < 4.78 is 41.6. The minimum absolute atomic E-state index is 0.0809.